The van der Waals surface area contributed by atoms with Crippen molar-refractivity contribution in [1.29, 1.82) is 0 Å². The molecule has 0 saturated carbocycles. The molecule has 0 aliphatic carbocycles. The number of likely N-dealkylation sites (N-methyl/N-ethyl adjacent to an activating group) is 1. The molecule has 0 spiro atoms. The molecule has 7 heteroatoms. The Morgan fingerprint density at radius 3 is 2.41 bits per heavy atom. The molecular formula is C20H22N4O2S. The number of thiazole rings is 1. The van der Waals surface area contributed by atoms with Crippen molar-refractivity contribution in [3.05, 3.63) is 59.1 Å². The Morgan fingerprint density at radius 2 is 1.74 bits per heavy atom. The first kappa shape index (κ1) is 19.0. The quantitative estimate of drug-likeness (QED) is 0.712. The summed E-state index contributed by atoms with van der Waals surface area (Å²) in [4.78, 5) is 32.2. The lowest BCUT2D eigenvalue weighted by molar-refractivity contribution is -0.117. The zero-order valence-electron chi connectivity index (χ0n) is 15.6. The Bertz CT molecular complexity index is 917. The van der Waals surface area contributed by atoms with Crippen molar-refractivity contribution in [2.24, 2.45) is 0 Å². The van der Waals surface area contributed by atoms with E-state index in [1.807, 2.05) is 36.2 Å². The molecule has 2 aromatic carbocycles. The van der Waals surface area contributed by atoms with Crippen molar-refractivity contribution in [2.45, 2.75) is 6.54 Å². The first-order valence-electron chi connectivity index (χ1n) is 8.57. The largest absolute Gasteiger partial charge is 0.345 e. The van der Waals surface area contributed by atoms with Crippen LogP contribution >= 0.6 is 11.3 Å². The lowest BCUT2D eigenvalue weighted by atomic mass is 10.2. The van der Waals surface area contributed by atoms with Gasteiger partial charge in [-0.05, 0) is 43.4 Å². The first-order chi connectivity index (χ1) is 12.9. The number of carbonyl (C=O) groups is 2. The Labute approximate surface area is 162 Å². The number of carbonyl (C=O) groups excluding carboxylic acids is 2. The Hall–Kier alpha value is -2.77. The maximum absolute atomic E-state index is 12.3. The summed E-state index contributed by atoms with van der Waals surface area (Å²) in [5.41, 5.74) is 2.25. The monoisotopic (exact) mass is 382 g/mol. The van der Waals surface area contributed by atoms with Gasteiger partial charge in [0, 0.05) is 25.3 Å². The standard InChI is InChI=1S/C20H22N4O2S/c1-23(2)20(26)14-8-10-15(11-9-14)21-18(25)12-24(3)13-19-22-16-6-4-5-7-17(16)27-19/h4-11H,12-13H2,1-3H3,(H,21,25). The molecule has 0 fully saturated rings. The average molecular weight is 382 g/mol. The predicted octanol–water partition coefficient (Wildman–Crippen LogP) is 3.07. The van der Waals surface area contributed by atoms with Gasteiger partial charge in [-0.2, -0.15) is 0 Å². The molecule has 0 aliphatic rings. The molecule has 0 saturated heterocycles. The molecule has 140 valence electrons. The fourth-order valence-corrected chi connectivity index (χ4v) is 3.72. The maximum Gasteiger partial charge on any atom is 0.253 e. The summed E-state index contributed by atoms with van der Waals surface area (Å²) in [7, 11) is 5.31. The number of anilines is 1. The van der Waals surface area contributed by atoms with E-state index in [0.29, 0.717) is 17.8 Å². The van der Waals surface area contributed by atoms with Crippen LogP contribution in [-0.2, 0) is 11.3 Å². The minimum atomic E-state index is -0.106. The first-order valence-corrected chi connectivity index (χ1v) is 9.38. The summed E-state index contributed by atoms with van der Waals surface area (Å²) in [6.45, 7) is 0.872. The Balaban J connectivity index is 1.54. The van der Waals surface area contributed by atoms with E-state index in [1.165, 1.54) is 4.90 Å². The summed E-state index contributed by atoms with van der Waals surface area (Å²) >= 11 is 1.64. The van der Waals surface area contributed by atoms with Crippen LogP contribution in [-0.4, -0.2) is 54.3 Å². The number of aromatic nitrogens is 1. The molecular weight excluding hydrogens is 360 g/mol. The van der Waals surface area contributed by atoms with Gasteiger partial charge in [0.2, 0.25) is 5.91 Å². The minimum absolute atomic E-state index is 0.0663. The van der Waals surface area contributed by atoms with Gasteiger partial charge in [-0.3, -0.25) is 14.5 Å². The van der Waals surface area contributed by atoms with Crippen LogP contribution in [0.1, 0.15) is 15.4 Å². The number of rotatable bonds is 6. The van der Waals surface area contributed by atoms with Crippen LogP contribution in [0.2, 0.25) is 0 Å². The van der Waals surface area contributed by atoms with E-state index in [1.54, 1.807) is 49.7 Å². The highest BCUT2D eigenvalue weighted by molar-refractivity contribution is 7.18. The molecule has 6 nitrogen and oxygen atoms in total. The maximum atomic E-state index is 12.3. The molecule has 1 aromatic heterocycles. The molecule has 27 heavy (non-hydrogen) atoms. The topological polar surface area (TPSA) is 65.5 Å². The zero-order chi connectivity index (χ0) is 19.4. The van der Waals surface area contributed by atoms with Crippen LogP contribution in [0.4, 0.5) is 5.69 Å². The summed E-state index contributed by atoms with van der Waals surface area (Å²) in [6, 6.07) is 14.9. The molecule has 0 radical (unpaired) electrons. The molecule has 3 rings (SSSR count). The molecule has 0 unspecified atom stereocenters. The highest BCUT2D eigenvalue weighted by atomic mass is 32.1. The van der Waals surface area contributed by atoms with Crippen LogP contribution < -0.4 is 5.32 Å². The highest BCUT2D eigenvalue weighted by Gasteiger charge is 2.12. The molecule has 2 amide bonds. The van der Waals surface area contributed by atoms with Gasteiger partial charge in [0.05, 0.1) is 23.3 Å². The van der Waals surface area contributed by atoms with Crippen molar-refractivity contribution in [3.8, 4) is 0 Å². The SMILES string of the molecule is CN(CC(=O)Nc1ccc(C(=O)N(C)C)cc1)Cc1nc2ccccc2s1. The van der Waals surface area contributed by atoms with E-state index in [2.05, 4.69) is 10.3 Å². The van der Waals surface area contributed by atoms with Crippen molar-refractivity contribution < 1.29 is 9.59 Å². The third kappa shape index (κ3) is 4.90. The smallest absolute Gasteiger partial charge is 0.253 e. The second-order valence-electron chi connectivity index (χ2n) is 6.57. The molecule has 0 aliphatic heterocycles. The predicted molar refractivity (Wildman–Crippen MR) is 109 cm³/mol. The lowest BCUT2D eigenvalue weighted by Gasteiger charge is -2.15. The third-order valence-corrected chi connectivity index (χ3v) is 5.00. The van der Waals surface area contributed by atoms with E-state index in [4.69, 9.17) is 0 Å². The Kier molecular flexibility index (Phi) is 5.83. The number of fused-ring (bicyclic) bond motifs is 1. The summed E-state index contributed by atoms with van der Waals surface area (Å²) in [6.07, 6.45) is 0. The van der Waals surface area contributed by atoms with Crippen LogP contribution in [0.15, 0.2) is 48.5 Å². The van der Waals surface area contributed by atoms with Gasteiger partial charge in [-0.1, -0.05) is 12.1 Å². The Morgan fingerprint density at radius 1 is 1.04 bits per heavy atom. The summed E-state index contributed by atoms with van der Waals surface area (Å²) in [5, 5.41) is 3.84. The van der Waals surface area contributed by atoms with Gasteiger partial charge in [-0.15, -0.1) is 11.3 Å². The van der Waals surface area contributed by atoms with Gasteiger partial charge in [0.25, 0.3) is 5.91 Å². The van der Waals surface area contributed by atoms with Crippen molar-refractivity contribution in [2.75, 3.05) is 33.0 Å². The van der Waals surface area contributed by atoms with Crippen molar-refractivity contribution >= 4 is 39.1 Å². The van der Waals surface area contributed by atoms with Gasteiger partial charge >= 0.3 is 0 Å². The lowest BCUT2D eigenvalue weighted by Crippen LogP contribution is -2.29. The second-order valence-corrected chi connectivity index (χ2v) is 7.69. The minimum Gasteiger partial charge on any atom is -0.345 e. The van der Waals surface area contributed by atoms with Crippen LogP contribution in [0.3, 0.4) is 0 Å². The molecule has 1 heterocycles. The summed E-state index contributed by atoms with van der Waals surface area (Å²) in [5.74, 6) is -0.172. The fourth-order valence-electron chi connectivity index (χ4n) is 2.67. The number of hydrogen-bond acceptors (Lipinski definition) is 5. The van der Waals surface area contributed by atoms with E-state index >= 15 is 0 Å². The number of para-hydroxylation sites is 1. The number of amides is 2. The zero-order valence-corrected chi connectivity index (χ0v) is 16.4. The molecule has 0 bridgehead atoms. The van der Waals surface area contributed by atoms with E-state index in [9.17, 15) is 9.59 Å². The summed E-state index contributed by atoms with van der Waals surface area (Å²) < 4.78 is 1.15. The van der Waals surface area contributed by atoms with Gasteiger partial charge in [-0.25, -0.2) is 4.98 Å². The normalized spacial score (nSPS) is 11.0. The fraction of sp³-hybridized carbons (Fsp3) is 0.250. The molecule has 3 aromatic rings. The van der Waals surface area contributed by atoms with Gasteiger partial charge in [0.1, 0.15) is 5.01 Å². The van der Waals surface area contributed by atoms with Crippen LogP contribution in [0.25, 0.3) is 10.2 Å². The number of benzene rings is 2. The number of nitrogens with one attached hydrogen (secondary N) is 1. The van der Waals surface area contributed by atoms with Gasteiger partial charge in [0.15, 0.2) is 0 Å². The highest BCUT2D eigenvalue weighted by Crippen LogP contribution is 2.22. The molecule has 0 atom stereocenters. The van der Waals surface area contributed by atoms with Crippen molar-refractivity contribution in [3.63, 3.8) is 0 Å². The van der Waals surface area contributed by atoms with E-state index in [-0.39, 0.29) is 18.4 Å². The van der Waals surface area contributed by atoms with Gasteiger partial charge < -0.3 is 10.2 Å². The van der Waals surface area contributed by atoms with Crippen LogP contribution in [0.5, 0.6) is 0 Å². The van der Waals surface area contributed by atoms with Crippen LogP contribution in [0, 0.1) is 0 Å². The van der Waals surface area contributed by atoms with E-state index < -0.39 is 0 Å². The average Bonchev–Trinajstić information content (AvgIpc) is 3.03. The number of hydrogen-bond donors (Lipinski definition) is 1. The third-order valence-electron chi connectivity index (χ3n) is 3.98. The molecule has 1 N–H and O–H groups in total. The number of nitrogens with zero attached hydrogens (tertiary/aromatic N) is 3. The second kappa shape index (κ2) is 8.28. The van der Waals surface area contributed by atoms with E-state index in [0.717, 1.165) is 15.2 Å². The van der Waals surface area contributed by atoms with Crippen molar-refractivity contribution in [1.82, 2.24) is 14.8 Å².